The smallest absolute Gasteiger partial charge is 0.378 e. The molecule has 0 bridgehead atoms. The highest BCUT2D eigenvalue weighted by atomic mass is 17.2. The molecule has 10 atom stereocenters. The summed E-state index contributed by atoms with van der Waals surface area (Å²) in [6.07, 6.45) is 11.9. The minimum absolute atomic E-state index is 0.0364. The van der Waals surface area contributed by atoms with Crippen LogP contribution in [-0.2, 0) is 57.7 Å². The fourth-order valence-electron chi connectivity index (χ4n) is 9.80. The van der Waals surface area contributed by atoms with E-state index < -0.39 is 120 Å². The Morgan fingerprint density at radius 1 is 0.662 bits per heavy atom. The highest BCUT2D eigenvalue weighted by molar-refractivity contribution is 5.94. The molecule has 458 valence electrons. The number of hydrogen-bond donors (Lipinski definition) is 13. The molecule has 25 nitrogen and oxygen atoms in total. The van der Waals surface area contributed by atoms with E-state index in [4.69, 9.17) is 17.2 Å². The molecule has 0 aromatic heterocycles. The molecule has 0 radical (unpaired) electrons. The number of carbonyl (C=O) groups is 10. The molecule has 2 aliphatic rings. The van der Waals surface area contributed by atoms with Crippen molar-refractivity contribution in [3.63, 3.8) is 0 Å². The van der Waals surface area contributed by atoms with Gasteiger partial charge in [0.25, 0.3) is 0 Å². The molecule has 2 rings (SSSR count). The predicted octanol–water partition coefficient (Wildman–Crippen LogP) is 0.638. The molecular weight excluding hydrogens is 1040 g/mol. The van der Waals surface area contributed by atoms with Crippen LogP contribution in [0.3, 0.4) is 0 Å². The van der Waals surface area contributed by atoms with Crippen molar-refractivity contribution in [2.45, 2.75) is 237 Å². The van der Waals surface area contributed by atoms with Crippen LogP contribution >= 0.6 is 0 Å². The summed E-state index contributed by atoms with van der Waals surface area (Å²) < 4.78 is 0. The standard InChI is InChI=1S/C55H99N11O14/c1-6-7-8-9-10-11-12-13-14-15-16-17-18-21-45(70)60-33-46(71)65-48(34(2)3)54(77)66-49(35(4)5)53(76)62-39(23-25-44(58)69)51(74)61-38(22-24-43(57)68)52(75)63-40(29-36-26-28-59-32-36)42(67)30-37(20-19-27-56)50(73)64-41-31-47(72)79-80-55(41)78/h34-42,48-49,54,59,66-67,77H,6-33,56H2,1-5H3,(H2,57,68)(H2,58,69)(H,60,70)(H,61,74)(H,62,76)(H,63,75)(H,64,73)(H,65,71)/t36?,37?,38?,39-,40?,41?,42?,48-,49?,54?/m0/s1. The molecule has 0 aromatic rings. The van der Waals surface area contributed by atoms with Crippen molar-refractivity contribution in [2.75, 3.05) is 26.2 Å². The summed E-state index contributed by atoms with van der Waals surface area (Å²) in [5.74, 6) is -9.46. The van der Waals surface area contributed by atoms with Crippen LogP contribution in [-0.4, -0.2) is 144 Å². The summed E-state index contributed by atoms with van der Waals surface area (Å²) in [6, 6.07) is -7.50. The van der Waals surface area contributed by atoms with Gasteiger partial charge in [0.2, 0.25) is 47.3 Å². The molecular formula is C55H99N11O14. The summed E-state index contributed by atoms with van der Waals surface area (Å²) in [5.41, 5.74) is 16.7. The maximum Gasteiger partial charge on any atom is 0.378 e. The summed E-state index contributed by atoms with van der Waals surface area (Å²) in [6.45, 7) is 10.1. The third kappa shape index (κ3) is 29.3. The first-order valence-corrected chi connectivity index (χ1v) is 29.3. The zero-order valence-corrected chi connectivity index (χ0v) is 48.3. The summed E-state index contributed by atoms with van der Waals surface area (Å²) >= 11 is 0. The van der Waals surface area contributed by atoms with Crippen molar-refractivity contribution in [1.29, 1.82) is 0 Å². The molecule has 8 unspecified atom stereocenters. The van der Waals surface area contributed by atoms with Crippen molar-refractivity contribution < 1.29 is 67.9 Å². The summed E-state index contributed by atoms with van der Waals surface area (Å²) in [7, 11) is 0. The van der Waals surface area contributed by atoms with E-state index in [0.717, 1.165) is 19.3 Å². The van der Waals surface area contributed by atoms with Gasteiger partial charge in [0.15, 0.2) is 0 Å². The Morgan fingerprint density at radius 2 is 1.23 bits per heavy atom. The van der Waals surface area contributed by atoms with E-state index in [9.17, 15) is 58.2 Å². The number of amides is 8. The molecule has 80 heavy (non-hydrogen) atoms. The largest absolute Gasteiger partial charge is 0.391 e. The van der Waals surface area contributed by atoms with Crippen molar-refractivity contribution >= 4 is 59.2 Å². The van der Waals surface area contributed by atoms with E-state index in [2.05, 4.69) is 59.2 Å². The molecule has 25 heteroatoms. The number of hydrogen-bond acceptors (Lipinski definition) is 17. The number of unbranched alkanes of at least 4 members (excludes halogenated alkanes) is 12. The molecule has 16 N–H and O–H groups in total. The molecule has 0 aromatic carbocycles. The lowest BCUT2D eigenvalue weighted by atomic mass is 9.87. The van der Waals surface area contributed by atoms with Gasteiger partial charge in [0, 0.05) is 25.2 Å². The minimum Gasteiger partial charge on any atom is -0.391 e. The normalized spacial score (nSPS) is 18.3. The number of nitrogens with one attached hydrogen (secondary N) is 8. The number of carbonyl (C=O) groups excluding carboxylic acids is 10. The number of rotatable bonds is 44. The average molecular weight is 1140 g/mol. The third-order valence-corrected chi connectivity index (χ3v) is 14.6. The van der Waals surface area contributed by atoms with Gasteiger partial charge < -0.3 is 64.6 Å². The molecule has 2 aliphatic heterocycles. The Morgan fingerprint density at radius 3 is 1.75 bits per heavy atom. The van der Waals surface area contributed by atoms with E-state index in [0.29, 0.717) is 32.4 Å². The van der Waals surface area contributed by atoms with E-state index >= 15 is 0 Å². The first-order chi connectivity index (χ1) is 38.1. The zero-order chi connectivity index (χ0) is 59.6. The quantitative estimate of drug-likeness (QED) is 0.0226. The monoisotopic (exact) mass is 1140 g/mol. The number of aliphatic hydroxyl groups excluding tert-OH is 2. The number of nitrogens with two attached hydrogens (primary N) is 3. The summed E-state index contributed by atoms with van der Waals surface area (Å²) in [4.78, 5) is 139. The van der Waals surface area contributed by atoms with Gasteiger partial charge in [-0.3, -0.25) is 43.7 Å². The van der Waals surface area contributed by atoms with Crippen LogP contribution in [0.15, 0.2) is 0 Å². The van der Waals surface area contributed by atoms with Gasteiger partial charge >= 0.3 is 11.9 Å². The highest BCUT2D eigenvalue weighted by Crippen LogP contribution is 2.23. The molecule has 0 spiro atoms. The van der Waals surface area contributed by atoms with Crippen molar-refractivity contribution in [3.8, 4) is 0 Å². The van der Waals surface area contributed by atoms with Gasteiger partial charge in [-0.25, -0.2) is 19.4 Å². The Hall–Kier alpha value is -5.50. The Bertz CT molecular complexity index is 1940. The predicted molar refractivity (Wildman–Crippen MR) is 297 cm³/mol. The topological polar surface area (TPSA) is 404 Å². The summed E-state index contributed by atoms with van der Waals surface area (Å²) in [5, 5.41) is 45.2. The lowest BCUT2D eigenvalue weighted by Crippen LogP contribution is -2.62. The van der Waals surface area contributed by atoms with E-state index in [1.807, 2.05) is 0 Å². The van der Waals surface area contributed by atoms with Gasteiger partial charge in [0.05, 0.1) is 37.2 Å². The van der Waals surface area contributed by atoms with Crippen molar-refractivity contribution in [3.05, 3.63) is 0 Å². The van der Waals surface area contributed by atoms with Gasteiger partial charge in [-0.05, 0) is 88.8 Å². The molecule has 0 aliphatic carbocycles. The van der Waals surface area contributed by atoms with Crippen molar-refractivity contribution in [1.82, 2.24) is 42.5 Å². The van der Waals surface area contributed by atoms with E-state index in [-0.39, 0.29) is 82.2 Å². The van der Waals surface area contributed by atoms with Crippen LogP contribution in [0.4, 0.5) is 0 Å². The van der Waals surface area contributed by atoms with Crippen LogP contribution in [0.2, 0.25) is 0 Å². The Labute approximate surface area is 472 Å². The fraction of sp³-hybridized carbons (Fsp3) is 0.818. The van der Waals surface area contributed by atoms with Gasteiger partial charge in [0.1, 0.15) is 24.4 Å². The van der Waals surface area contributed by atoms with Gasteiger partial charge in [-0.2, -0.15) is 0 Å². The molecule has 2 saturated heterocycles. The SMILES string of the molecule is CCCCCCCCCCCCCCCC(=O)NCC(=O)N[C@@H](C(C)C)C(O)NC(C(=O)N[C@@H](CCC(N)=O)C(=O)NC(CCC(N)=O)C(=O)NC(CC1CCNC1)C(O)CC(CCCN)C(=O)NC1CC(=O)OOC1=O)C(C)C. The number of aliphatic hydroxyl groups is 2. The van der Waals surface area contributed by atoms with Crippen LogP contribution in [0, 0.1) is 23.7 Å². The fourth-order valence-corrected chi connectivity index (χ4v) is 9.80. The molecule has 8 amide bonds. The lowest BCUT2D eigenvalue weighted by molar-refractivity contribution is -0.270. The van der Waals surface area contributed by atoms with Gasteiger partial charge in [-0.1, -0.05) is 112 Å². The zero-order valence-electron chi connectivity index (χ0n) is 48.3. The Balaban J connectivity index is 2.15. The van der Waals surface area contributed by atoms with Crippen LogP contribution < -0.4 is 59.7 Å². The maximum atomic E-state index is 14.3. The molecule has 0 saturated carbocycles. The third-order valence-electron chi connectivity index (χ3n) is 14.6. The number of primary amides is 2. The van der Waals surface area contributed by atoms with E-state index in [1.165, 1.54) is 57.8 Å². The second kappa shape index (κ2) is 39.8. The average Bonchev–Trinajstić information content (AvgIpc) is 3.92. The maximum absolute atomic E-state index is 14.3. The molecule has 2 heterocycles. The van der Waals surface area contributed by atoms with Crippen LogP contribution in [0.5, 0.6) is 0 Å². The molecule has 2 fully saturated rings. The second-order valence-electron chi connectivity index (χ2n) is 22.3. The minimum atomic E-state index is -1.51. The lowest BCUT2D eigenvalue weighted by Gasteiger charge is -2.33. The highest BCUT2D eigenvalue weighted by Gasteiger charge is 2.38. The van der Waals surface area contributed by atoms with E-state index in [1.54, 1.807) is 27.7 Å². The van der Waals surface area contributed by atoms with Crippen molar-refractivity contribution in [2.24, 2.45) is 40.9 Å². The van der Waals surface area contributed by atoms with Crippen LogP contribution in [0.25, 0.3) is 0 Å². The van der Waals surface area contributed by atoms with Gasteiger partial charge in [-0.15, -0.1) is 0 Å². The first-order valence-electron chi connectivity index (χ1n) is 29.3. The first kappa shape index (κ1) is 70.6. The van der Waals surface area contributed by atoms with Crippen LogP contribution in [0.1, 0.15) is 189 Å². The Kier molecular flexibility index (Phi) is 35.1. The second-order valence-corrected chi connectivity index (χ2v) is 22.3.